The highest BCUT2D eigenvalue weighted by Crippen LogP contribution is 2.31. The quantitative estimate of drug-likeness (QED) is 0.714. The number of aryl methyl sites for hydroxylation is 2. The minimum absolute atomic E-state index is 0.292. The number of carbonyl (C=O) groups excluding carboxylic acids is 1. The van der Waals surface area contributed by atoms with Gasteiger partial charge in [-0.1, -0.05) is 19.1 Å². The van der Waals surface area contributed by atoms with E-state index in [2.05, 4.69) is 28.3 Å². The number of hydrogen-bond acceptors (Lipinski definition) is 6. The monoisotopic (exact) mass is 325 g/mol. The molecule has 24 heavy (non-hydrogen) atoms. The van der Waals surface area contributed by atoms with Crippen molar-refractivity contribution < 1.29 is 13.9 Å². The fourth-order valence-corrected chi connectivity index (χ4v) is 2.59. The van der Waals surface area contributed by atoms with Crippen LogP contribution in [0.1, 0.15) is 35.5 Å². The van der Waals surface area contributed by atoms with Crippen molar-refractivity contribution in [3.05, 3.63) is 47.5 Å². The third-order valence-corrected chi connectivity index (χ3v) is 3.74. The lowest BCUT2D eigenvalue weighted by Gasteiger charge is -2.08. The van der Waals surface area contributed by atoms with E-state index in [-0.39, 0.29) is 0 Å². The van der Waals surface area contributed by atoms with Crippen molar-refractivity contribution in [2.24, 2.45) is 0 Å². The maximum Gasteiger partial charge on any atom is 0.342 e. The lowest BCUT2D eigenvalue weighted by molar-refractivity contribution is 0.0526. The Morgan fingerprint density at radius 3 is 2.88 bits per heavy atom. The molecule has 0 unspecified atom stereocenters. The topological polar surface area (TPSA) is 77.2 Å². The lowest BCUT2D eigenvalue weighted by atomic mass is 10.1. The number of benzene rings is 1. The first-order valence-electron chi connectivity index (χ1n) is 7.91. The first-order valence-corrected chi connectivity index (χ1v) is 7.91. The van der Waals surface area contributed by atoms with Crippen molar-refractivity contribution in [1.82, 2.24) is 9.97 Å². The molecule has 0 bridgehead atoms. The number of esters is 1. The summed E-state index contributed by atoms with van der Waals surface area (Å²) < 4.78 is 10.7. The Labute approximate surface area is 139 Å². The van der Waals surface area contributed by atoms with Crippen molar-refractivity contribution >= 4 is 28.6 Å². The SMILES string of the molecule is CCOC(=O)c1c(C)oc2ncnc(Nc3cccc(CC)c3)c12. The maximum atomic E-state index is 12.3. The highest BCUT2D eigenvalue weighted by atomic mass is 16.5. The van der Waals surface area contributed by atoms with Gasteiger partial charge in [0.2, 0.25) is 5.71 Å². The zero-order valence-electron chi connectivity index (χ0n) is 13.9. The second-order valence-electron chi connectivity index (χ2n) is 5.34. The number of fused-ring (bicyclic) bond motifs is 1. The van der Waals surface area contributed by atoms with E-state index in [9.17, 15) is 4.79 Å². The van der Waals surface area contributed by atoms with E-state index in [4.69, 9.17) is 9.15 Å². The summed E-state index contributed by atoms with van der Waals surface area (Å²) in [6, 6.07) is 8.04. The van der Waals surface area contributed by atoms with Crippen molar-refractivity contribution in [2.75, 3.05) is 11.9 Å². The van der Waals surface area contributed by atoms with Crippen LogP contribution in [0.3, 0.4) is 0 Å². The molecule has 0 fully saturated rings. The van der Waals surface area contributed by atoms with E-state index < -0.39 is 5.97 Å². The van der Waals surface area contributed by atoms with Crippen LogP contribution in [0.15, 0.2) is 35.0 Å². The molecular formula is C18H19N3O3. The summed E-state index contributed by atoms with van der Waals surface area (Å²) in [7, 11) is 0. The lowest BCUT2D eigenvalue weighted by Crippen LogP contribution is -2.06. The van der Waals surface area contributed by atoms with E-state index in [1.807, 2.05) is 18.2 Å². The smallest absolute Gasteiger partial charge is 0.342 e. The van der Waals surface area contributed by atoms with Crippen molar-refractivity contribution in [3.63, 3.8) is 0 Å². The average molecular weight is 325 g/mol. The number of nitrogens with zero attached hydrogens (tertiary/aromatic N) is 2. The third kappa shape index (κ3) is 2.95. The summed E-state index contributed by atoms with van der Waals surface area (Å²) >= 11 is 0. The first kappa shape index (κ1) is 16.0. The van der Waals surface area contributed by atoms with Crippen LogP contribution >= 0.6 is 0 Å². The minimum atomic E-state index is -0.436. The molecule has 2 aromatic heterocycles. The zero-order chi connectivity index (χ0) is 17.1. The zero-order valence-corrected chi connectivity index (χ0v) is 13.9. The van der Waals surface area contributed by atoms with Crippen LogP contribution < -0.4 is 5.32 Å². The van der Waals surface area contributed by atoms with Gasteiger partial charge in [0.25, 0.3) is 0 Å². The van der Waals surface area contributed by atoms with Gasteiger partial charge in [-0.3, -0.25) is 0 Å². The van der Waals surface area contributed by atoms with Crippen LogP contribution in [0.5, 0.6) is 0 Å². The largest absolute Gasteiger partial charge is 0.462 e. The molecule has 0 amide bonds. The summed E-state index contributed by atoms with van der Waals surface area (Å²) in [4.78, 5) is 20.7. The van der Waals surface area contributed by atoms with Gasteiger partial charge in [0.05, 0.1) is 12.0 Å². The summed E-state index contributed by atoms with van der Waals surface area (Å²) in [5, 5.41) is 3.79. The van der Waals surface area contributed by atoms with Crippen molar-refractivity contribution in [1.29, 1.82) is 0 Å². The summed E-state index contributed by atoms with van der Waals surface area (Å²) in [6.07, 6.45) is 2.35. The molecule has 0 aliphatic carbocycles. The van der Waals surface area contributed by atoms with Crippen LogP contribution in [0, 0.1) is 6.92 Å². The van der Waals surface area contributed by atoms with Crippen LogP contribution in [0.2, 0.25) is 0 Å². The molecule has 0 saturated heterocycles. The predicted octanol–water partition coefficient (Wildman–Crippen LogP) is 4.01. The molecule has 6 nitrogen and oxygen atoms in total. The Kier molecular flexibility index (Phi) is 4.46. The van der Waals surface area contributed by atoms with Gasteiger partial charge in [0, 0.05) is 5.69 Å². The number of aromatic nitrogens is 2. The molecule has 0 radical (unpaired) electrons. The molecule has 1 aromatic carbocycles. The molecule has 3 rings (SSSR count). The van der Waals surface area contributed by atoms with E-state index in [0.29, 0.717) is 34.8 Å². The molecular weight excluding hydrogens is 306 g/mol. The van der Waals surface area contributed by atoms with E-state index in [1.165, 1.54) is 11.9 Å². The Bertz CT molecular complexity index is 886. The molecule has 0 aliphatic heterocycles. The number of furan rings is 1. The van der Waals surface area contributed by atoms with Gasteiger partial charge >= 0.3 is 5.97 Å². The fourth-order valence-electron chi connectivity index (χ4n) is 2.59. The number of rotatable bonds is 5. The highest BCUT2D eigenvalue weighted by molar-refractivity contribution is 6.08. The molecule has 3 aromatic rings. The van der Waals surface area contributed by atoms with Gasteiger partial charge in [0.1, 0.15) is 23.5 Å². The number of anilines is 2. The molecule has 1 N–H and O–H groups in total. The number of hydrogen-bond donors (Lipinski definition) is 1. The van der Waals surface area contributed by atoms with E-state index in [1.54, 1.807) is 13.8 Å². The van der Waals surface area contributed by atoms with Gasteiger partial charge < -0.3 is 14.5 Å². The third-order valence-electron chi connectivity index (χ3n) is 3.74. The number of carbonyl (C=O) groups is 1. The summed E-state index contributed by atoms with van der Waals surface area (Å²) in [5.74, 6) is 0.552. The molecule has 0 saturated carbocycles. The van der Waals surface area contributed by atoms with Crippen molar-refractivity contribution in [3.8, 4) is 0 Å². The summed E-state index contributed by atoms with van der Waals surface area (Å²) in [6.45, 7) is 5.87. The van der Waals surface area contributed by atoms with E-state index >= 15 is 0 Å². The van der Waals surface area contributed by atoms with Gasteiger partial charge in [-0.15, -0.1) is 0 Å². The fraction of sp³-hybridized carbons (Fsp3) is 0.278. The molecule has 0 spiro atoms. The van der Waals surface area contributed by atoms with Crippen LogP contribution in [0.25, 0.3) is 11.1 Å². The van der Waals surface area contributed by atoms with Gasteiger partial charge in [-0.2, -0.15) is 0 Å². The highest BCUT2D eigenvalue weighted by Gasteiger charge is 2.23. The first-order chi connectivity index (χ1) is 11.6. The van der Waals surface area contributed by atoms with Crippen LogP contribution in [-0.2, 0) is 11.2 Å². The standard InChI is InChI=1S/C18H19N3O3/c1-4-12-7-6-8-13(9-12)21-16-15-14(18(22)23-5-2)11(3)24-17(15)20-10-19-16/h6-10H,4-5H2,1-3H3,(H,19,20,21). The van der Waals surface area contributed by atoms with Gasteiger partial charge in [-0.05, 0) is 38.0 Å². The Hall–Kier alpha value is -2.89. The normalized spacial score (nSPS) is 10.8. The Balaban J connectivity index is 2.09. The minimum Gasteiger partial charge on any atom is -0.462 e. The molecule has 2 heterocycles. The second kappa shape index (κ2) is 6.70. The van der Waals surface area contributed by atoms with Gasteiger partial charge in [0.15, 0.2) is 0 Å². The van der Waals surface area contributed by atoms with E-state index in [0.717, 1.165) is 12.1 Å². The maximum absolute atomic E-state index is 12.3. The number of nitrogens with one attached hydrogen (secondary N) is 1. The predicted molar refractivity (Wildman–Crippen MR) is 91.6 cm³/mol. The molecule has 0 aliphatic rings. The molecule has 6 heteroatoms. The molecule has 124 valence electrons. The average Bonchev–Trinajstić information content (AvgIpc) is 2.92. The molecule has 0 atom stereocenters. The number of ether oxygens (including phenoxy) is 1. The summed E-state index contributed by atoms with van der Waals surface area (Å²) in [5.41, 5.74) is 2.82. The van der Waals surface area contributed by atoms with Crippen molar-refractivity contribution in [2.45, 2.75) is 27.2 Å². The van der Waals surface area contributed by atoms with Crippen LogP contribution in [-0.4, -0.2) is 22.5 Å². The van der Waals surface area contributed by atoms with Crippen LogP contribution in [0.4, 0.5) is 11.5 Å². The Morgan fingerprint density at radius 2 is 2.12 bits per heavy atom. The Morgan fingerprint density at radius 1 is 1.29 bits per heavy atom. The van der Waals surface area contributed by atoms with Gasteiger partial charge in [-0.25, -0.2) is 14.8 Å². The second-order valence-corrected chi connectivity index (χ2v) is 5.34.